The Bertz CT molecular complexity index is 1010. The van der Waals surface area contributed by atoms with Crippen molar-refractivity contribution in [2.45, 2.75) is 19.6 Å². The first-order chi connectivity index (χ1) is 13.6. The molecule has 0 aliphatic carbocycles. The molecule has 7 nitrogen and oxygen atoms in total. The van der Waals surface area contributed by atoms with E-state index in [0.29, 0.717) is 22.9 Å². The van der Waals surface area contributed by atoms with Gasteiger partial charge in [-0.2, -0.15) is 0 Å². The number of hydrogen-bond acceptors (Lipinski definition) is 5. The molecule has 4 rings (SSSR count). The second-order valence-electron chi connectivity index (χ2n) is 6.28. The number of carbonyl (C=O) groups is 2. The first-order valence-electron chi connectivity index (χ1n) is 8.78. The highest BCUT2D eigenvalue weighted by Crippen LogP contribution is 2.32. The lowest BCUT2D eigenvalue weighted by Gasteiger charge is -2.23. The average Bonchev–Trinajstić information content (AvgIpc) is 3.18. The van der Waals surface area contributed by atoms with Crippen LogP contribution in [0.25, 0.3) is 0 Å². The van der Waals surface area contributed by atoms with Crippen LogP contribution in [-0.4, -0.2) is 17.9 Å². The fourth-order valence-electron chi connectivity index (χ4n) is 2.73. The predicted molar refractivity (Wildman–Crippen MR) is 103 cm³/mol. The van der Waals surface area contributed by atoms with Crippen LogP contribution in [-0.2, 0) is 11.4 Å². The number of carbonyl (C=O) groups excluding carboxylic acids is 2. The van der Waals surface area contributed by atoms with E-state index < -0.39 is 12.0 Å². The fourth-order valence-corrected chi connectivity index (χ4v) is 2.73. The molecule has 142 valence electrons. The Morgan fingerprint density at radius 3 is 2.79 bits per heavy atom. The summed E-state index contributed by atoms with van der Waals surface area (Å²) in [5.41, 5.74) is 1.03. The van der Waals surface area contributed by atoms with Gasteiger partial charge in [0.15, 0.2) is 11.9 Å². The molecule has 0 radical (unpaired) electrons. The van der Waals surface area contributed by atoms with Crippen molar-refractivity contribution >= 4 is 23.2 Å². The van der Waals surface area contributed by atoms with Crippen LogP contribution in [0.3, 0.4) is 0 Å². The minimum absolute atomic E-state index is 0.165. The third-order valence-corrected chi connectivity index (χ3v) is 4.18. The van der Waals surface area contributed by atoms with Gasteiger partial charge in [-0.05, 0) is 49.4 Å². The molecule has 1 aliphatic rings. The Kier molecular flexibility index (Phi) is 4.72. The maximum Gasteiger partial charge on any atom is 0.291 e. The minimum Gasteiger partial charge on any atom is -0.486 e. The van der Waals surface area contributed by atoms with Crippen molar-refractivity contribution in [1.29, 1.82) is 0 Å². The molecule has 2 amide bonds. The molecule has 0 saturated heterocycles. The second kappa shape index (κ2) is 7.48. The van der Waals surface area contributed by atoms with Gasteiger partial charge >= 0.3 is 0 Å². The first kappa shape index (κ1) is 17.7. The second-order valence-corrected chi connectivity index (χ2v) is 6.28. The number of para-hydroxylation sites is 1. The lowest BCUT2D eigenvalue weighted by Crippen LogP contribution is -2.34. The molecule has 28 heavy (non-hydrogen) atoms. The molecule has 0 spiro atoms. The van der Waals surface area contributed by atoms with Crippen molar-refractivity contribution in [3.05, 3.63) is 72.2 Å². The van der Waals surface area contributed by atoms with Gasteiger partial charge in [-0.1, -0.05) is 18.2 Å². The quantitative estimate of drug-likeness (QED) is 0.704. The lowest BCUT2D eigenvalue weighted by atomic mass is 10.2. The van der Waals surface area contributed by atoms with Crippen LogP contribution < -0.4 is 20.1 Å². The fraction of sp³-hybridized carbons (Fsp3) is 0.143. The Morgan fingerprint density at radius 1 is 1.14 bits per heavy atom. The standard InChI is InChI=1S/C21H18N2O5/c1-13-20(24)23-17-11-14(7-9-18(17)27-13)22-21(25)19-10-8-16(28-19)12-26-15-5-3-2-4-6-15/h2-11,13H,12H2,1H3,(H,22,25)(H,23,24). The lowest BCUT2D eigenvalue weighted by molar-refractivity contribution is -0.122. The summed E-state index contributed by atoms with van der Waals surface area (Å²) in [5, 5.41) is 5.49. The summed E-state index contributed by atoms with van der Waals surface area (Å²) in [4.78, 5) is 24.2. The van der Waals surface area contributed by atoms with Gasteiger partial charge in [0.05, 0.1) is 5.69 Å². The third-order valence-electron chi connectivity index (χ3n) is 4.18. The highest BCUT2D eigenvalue weighted by molar-refractivity contribution is 6.03. The minimum atomic E-state index is -0.549. The number of benzene rings is 2. The Labute approximate surface area is 161 Å². The number of fused-ring (bicyclic) bond motifs is 1. The summed E-state index contributed by atoms with van der Waals surface area (Å²) in [7, 11) is 0. The third kappa shape index (κ3) is 3.83. The molecular weight excluding hydrogens is 360 g/mol. The van der Waals surface area contributed by atoms with Crippen molar-refractivity contribution in [2.24, 2.45) is 0 Å². The summed E-state index contributed by atoms with van der Waals surface area (Å²) in [6.45, 7) is 1.89. The molecule has 1 unspecified atom stereocenters. The van der Waals surface area contributed by atoms with E-state index in [4.69, 9.17) is 13.9 Å². The Balaban J connectivity index is 1.40. The topological polar surface area (TPSA) is 89.8 Å². The molecule has 0 saturated carbocycles. The van der Waals surface area contributed by atoms with Gasteiger partial charge in [-0.25, -0.2) is 0 Å². The summed E-state index contributed by atoms with van der Waals surface area (Å²) < 4.78 is 16.7. The maximum absolute atomic E-state index is 12.4. The highest BCUT2D eigenvalue weighted by Gasteiger charge is 2.24. The van der Waals surface area contributed by atoms with Gasteiger partial charge in [0.1, 0.15) is 23.9 Å². The number of furan rings is 1. The predicted octanol–water partition coefficient (Wildman–Crippen LogP) is 3.83. The average molecular weight is 378 g/mol. The molecule has 3 aromatic rings. The Morgan fingerprint density at radius 2 is 1.96 bits per heavy atom. The molecular formula is C21H18N2O5. The Hall–Kier alpha value is -3.74. The zero-order valence-electron chi connectivity index (χ0n) is 15.1. The molecule has 1 aromatic heterocycles. The van der Waals surface area contributed by atoms with Crippen LogP contribution in [0.4, 0.5) is 11.4 Å². The maximum atomic E-state index is 12.4. The number of nitrogens with one attached hydrogen (secondary N) is 2. The number of amides is 2. The van der Waals surface area contributed by atoms with Gasteiger partial charge < -0.3 is 24.5 Å². The molecule has 2 heterocycles. The zero-order chi connectivity index (χ0) is 19.5. The number of anilines is 2. The molecule has 2 aromatic carbocycles. The van der Waals surface area contributed by atoms with Gasteiger partial charge in [-0.3, -0.25) is 9.59 Å². The van der Waals surface area contributed by atoms with Crippen molar-refractivity contribution in [3.63, 3.8) is 0 Å². The van der Waals surface area contributed by atoms with E-state index in [1.54, 1.807) is 37.3 Å². The van der Waals surface area contributed by atoms with E-state index in [0.717, 1.165) is 5.75 Å². The number of rotatable bonds is 5. The van der Waals surface area contributed by atoms with Crippen molar-refractivity contribution in [2.75, 3.05) is 10.6 Å². The zero-order valence-corrected chi connectivity index (χ0v) is 15.1. The molecule has 7 heteroatoms. The van der Waals surface area contributed by atoms with E-state index in [2.05, 4.69) is 10.6 Å². The van der Waals surface area contributed by atoms with Gasteiger partial charge in [0, 0.05) is 5.69 Å². The molecule has 1 atom stereocenters. The van der Waals surface area contributed by atoms with Crippen LogP contribution in [0.1, 0.15) is 23.2 Å². The molecule has 0 fully saturated rings. The van der Waals surface area contributed by atoms with Crippen LogP contribution in [0.5, 0.6) is 11.5 Å². The van der Waals surface area contributed by atoms with Gasteiger partial charge in [-0.15, -0.1) is 0 Å². The van der Waals surface area contributed by atoms with Crippen LogP contribution in [0.15, 0.2) is 65.1 Å². The van der Waals surface area contributed by atoms with Crippen LogP contribution in [0, 0.1) is 0 Å². The smallest absolute Gasteiger partial charge is 0.291 e. The first-order valence-corrected chi connectivity index (χ1v) is 8.78. The van der Waals surface area contributed by atoms with Crippen molar-refractivity contribution in [3.8, 4) is 11.5 Å². The summed E-state index contributed by atoms with van der Waals surface area (Å²) in [6.07, 6.45) is -0.549. The molecule has 1 aliphatic heterocycles. The van der Waals surface area contributed by atoms with Gasteiger partial charge in [0.25, 0.3) is 11.8 Å². The van der Waals surface area contributed by atoms with Crippen LogP contribution in [0.2, 0.25) is 0 Å². The molecule has 2 N–H and O–H groups in total. The normalized spacial score (nSPS) is 15.2. The number of ether oxygens (including phenoxy) is 2. The monoisotopic (exact) mass is 378 g/mol. The van der Waals surface area contributed by atoms with E-state index in [9.17, 15) is 9.59 Å². The highest BCUT2D eigenvalue weighted by atomic mass is 16.5. The van der Waals surface area contributed by atoms with E-state index in [1.807, 2.05) is 30.3 Å². The van der Waals surface area contributed by atoms with E-state index >= 15 is 0 Å². The van der Waals surface area contributed by atoms with Crippen LogP contribution >= 0.6 is 0 Å². The molecule has 0 bridgehead atoms. The van der Waals surface area contributed by atoms with E-state index in [-0.39, 0.29) is 18.3 Å². The van der Waals surface area contributed by atoms with E-state index in [1.165, 1.54) is 0 Å². The van der Waals surface area contributed by atoms with Gasteiger partial charge in [0.2, 0.25) is 0 Å². The summed E-state index contributed by atoms with van der Waals surface area (Å²) >= 11 is 0. The largest absolute Gasteiger partial charge is 0.486 e. The SMILES string of the molecule is CC1Oc2ccc(NC(=O)c3ccc(COc4ccccc4)o3)cc2NC1=O. The van der Waals surface area contributed by atoms with Crippen molar-refractivity contribution < 1.29 is 23.5 Å². The summed E-state index contributed by atoms with van der Waals surface area (Å²) in [5.74, 6) is 1.35. The van der Waals surface area contributed by atoms with Crippen molar-refractivity contribution in [1.82, 2.24) is 0 Å². The summed E-state index contributed by atoms with van der Waals surface area (Å²) in [6, 6.07) is 17.7. The number of hydrogen-bond donors (Lipinski definition) is 2.